The Morgan fingerprint density at radius 3 is 1.33 bits per heavy atom. The topological polar surface area (TPSA) is 101 Å². The molecule has 0 atom stereocenters. The molecule has 8 heteroatoms. The van der Waals surface area contributed by atoms with E-state index >= 15 is 0 Å². The number of nitrogens with zero attached hydrogens (tertiary/aromatic N) is 2. The Morgan fingerprint density at radius 2 is 0.889 bits per heavy atom. The lowest BCUT2D eigenvalue weighted by Crippen LogP contribution is -2.17. The van der Waals surface area contributed by atoms with Crippen LogP contribution in [0.3, 0.4) is 0 Å². The van der Waals surface area contributed by atoms with Gasteiger partial charge in [-0.3, -0.25) is 9.59 Å². The van der Waals surface area contributed by atoms with Gasteiger partial charge in [-0.05, 0) is 48.2 Å². The molecular formula is C37H40N4O4. The van der Waals surface area contributed by atoms with Crippen LogP contribution in [0.15, 0.2) is 119 Å². The summed E-state index contributed by atoms with van der Waals surface area (Å²) in [5.41, 5.74) is 8.94. The van der Waals surface area contributed by atoms with Gasteiger partial charge in [-0.25, -0.2) is 10.9 Å². The second kappa shape index (κ2) is 19.1. The van der Waals surface area contributed by atoms with E-state index in [1.54, 1.807) is 12.4 Å². The van der Waals surface area contributed by atoms with E-state index in [9.17, 15) is 9.59 Å². The highest BCUT2D eigenvalue weighted by atomic mass is 16.5. The molecule has 232 valence electrons. The number of hydrogen-bond acceptors (Lipinski definition) is 6. The van der Waals surface area contributed by atoms with Crippen molar-refractivity contribution in [1.82, 2.24) is 10.9 Å². The van der Waals surface area contributed by atoms with Crippen LogP contribution in [0.4, 0.5) is 0 Å². The van der Waals surface area contributed by atoms with Crippen molar-refractivity contribution in [1.29, 1.82) is 0 Å². The molecule has 45 heavy (non-hydrogen) atoms. The van der Waals surface area contributed by atoms with Crippen molar-refractivity contribution in [3.05, 3.63) is 131 Å². The number of para-hydroxylation sites is 2. The van der Waals surface area contributed by atoms with Crippen molar-refractivity contribution in [2.75, 3.05) is 0 Å². The summed E-state index contributed by atoms with van der Waals surface area (Å²) >= 11 is 0. The minimum Gasteiger partial charge on any atom is -0.488 e. The predicted octanol–water partition coefficient (Wildman–Crippen LogP) is 7.18. The summed E-state index contributed by atoms with van der Waals surface area (Å²) in [6, 6.07) is 35.1. The van der Waals surface area contributed by atoms with Crippen LogP contribution in [0.1, 0.15) is 67.2 Å². The molecule has 0 radical (unpaired) electrons. The predicted molar refractivity (Wildman–Crippen MR) is 178 cm³/mol. The molecule has 4 aromatic carbocycles. The zero-order valence-electron chi connectivity index (χ0n) is 25.4. The molecule has 0 aromatic heterocycles. The average molecular weight is 605 g/mol. The van der Waals surface area contributed by atoms with Crippen LogP contribution in [0.2, 0.25) is 0 Å². The second-order valence-electron chi connectivity index (χ2n) is 10.5. The highest BCUT2D eigenvalue weighted by molar-refractivity contribution is 5.86. The standard InChI is InChI=1S/C37H40N4O4/c42-36(40-38-26-32-20-12-14-22-34(32)44-28-30-16-6-4-7-17-30)24-10-2-1-3-11-25-37(43)41-39-27-33-21-13-15-23-35(33)45-29-31-18-8-5-9-19-31/h4-9,12-23,26-27H,1-3,10-11,24-25,28-29H2,(H,40,42)(H,41,43)/b38-26-,39-27+. The van der Waals surface area contributed by atoms with Crippen LogP contribution >= 0.6 is 0 Å². The first-order valence-corrected chi connectivity index (χ1v) is 15.3. The first kappa shape index (κ1) is 32.7. The number of benzene rings is 4. The number of rotatable bonds is 18. The summed E-state index contributed by atoms with van der Waals surface area (Å²) in [5, 5.41) is 8.22. The van der Waals surface area contributed by atoms with Gasteiger partial charge in [0.05, 0.1) is 12.4 Å². The third-order valence-electron chi connectivity index (χ3n) is 6.91. The maximum absolute atomic E-state index is 12.2. The zero-order valence-corrected chi connectivity index (χ0v) is 25.4. The van der Waals surface area contributed by atoms with E-state index in [2.05, 4.69) is 21.1 Å². The Kier molecular flexibility index (Phi) is 13.9. The molecule has 4 rings (SSSR count). The molecule has 2 N–H and O–H groups in total. The summed E-state index contributed by atoms with van der Waals surface area (Å²) in [6.07, 6.45) is 8.30. The molecule has 0 aliphatic rings. The lowest BCUT2D eigenvalue weighted by atomic mass is 10.1. The lowest BCUT2D eigenvalue weighted by Gasteiger charge is -2.09. The number of carbonyl (C=O) groups is 2. The van der Waals surface area contributed by atoms with Gasteiger partial charge >= 0.3 is 0 Å². The third-order valence-corrected chi connectivity index (χ3v) is 6.91. The number of hydrazone groups is 2. The molecule has 0 bridgehead atoms. The Balaban J connectivity index is 1.05. The van der Waals surface area contributed by atoms with E-state index < -0.39 is 0 Å². The van der Waals surface area contributed by atoms with Gasteiger partial charge in [0, 0.05) is 24.0 Å². The van der Waals surface area contributed by atoms with E-state index in [0.717, 1.165) is 54.4 Å². The average Bonchev–Trinajstić information content (AvgIpc) is 3.08. The fourth-order valence-corrected chi connectivity index (χ4v) is 4.47. The van der Waals surface area contributed by atoms with Crippen LogP contribution in [-0.4, -0.2) is 24.2 Å². The molecule has 2 amide bonds. The van der Waals surface area contributed by atoms with Gasteiger partial charge in [0.25, 0.3) is 0 Å². The highest BCUT2D eigenvalue weighted by Gasteiger charge is 2.05. The van der Waals surface area contributed by atoms with Gasteiger partial charge in [-0.2, -0.15) is 10.2 Å². The lowest BCUT2D eigenvalue weighted by molar-refractivity contribution is -0.121. The summed E-state index contributed by atoms with van der Waals surface area (Å²) < 4.78 is 11.9. The fourth-order valence-electron chi connectivity index (χ4n) is 4.47. The Labute approximate surface area is 265 Å². The molecule has 0 aliphatic carbocycles. The normalized spacial score (nSPS) is 11.0. The van der Waals surface area contributed by atoms with Crippen LogP contribution in [-0.2, 0) is 22.8 Å². The number of amides is 2. The minimum atomic E-state index is -0.127. The van der Waals surface area contributed by atoms with Crippen molar-refractivity contribution in [2.24, 2.45) is 10.2 Å². The smallest absolute Gasteiger partial charge is 0.240 e. The largest absolute Gasteiger partial charge is 0.488 e. The molecule has 0 spiro atoms. The summed E-state index contributed by atoms with van der Waals surface area (Å²) in [6.45, 7) is 0.912. The maximum atomic E-state index is 12.2. The van der Waals surface area contributed by atoms with Gasteiger partial charge in [0.2, 0.25) is 11.8 Å². The molecule has 0 unspecified atom stereocenters. The summed E-state index contributed by atoms with van der Waals surface area (Å²) in [5.74, 6) is 1.15. The number of ether oxygens (including phenoxy) is 2. The van der Waals surface area contributed by atoms with Crippen molar-refractivity contribution >= 4 is 24.2 Å². The van der Waals surface area contributed by atoms with Crippen LogP contribution in [0, 0.1) is 0 Å². The van der Waals surface area contributed by atoms with Crippen LogP contribution in [0.5, 0.6) is 11.5 Å². The summed E-state index contributed by atoms with van der Waals surface area (Å²) in [7, 11) is 0. The molecule has 8 nitrogen and oxygen atoms in total. The molecule has 4 aromatic rings. The van der Waals surface area contributed by atoms with Crippen molar-refractivity contribution in [3.63, 3.8) is 0 Å². The zero-order chi connectivity index (χ0) is 31.4. The van der Waals surface area contributed by atoms with E-state index in [0.29, 0.717) is 37.6 Å². The van der Waals surface area contributed by atoms with Gasteiger partial charge in [0.15, 0.2) is 0 Å². The van der Waals surface area contributed by atoms with Crippen molar-refractivity contribution < 1.29 is 19.1 Å². The van der Waals surface area contributed by atoms with E-state index in [-0.39, 0.29) is 11.8 Å². The first-order valence-electron chi connectivity index (χ1n) is 15.3. The van der Waals surface area contributed by atoms with Crippen molar-refractivity contribution in [3.8, 4) is 11.5 Å². The SMILES string of the molecule is O=C(CCCCCCCC(=O)N/N=C/c1ccccc1OCc1ccccc1)N/N=C\c1ccccc1OCc1ccccc1. The monoisotopic (exact) mass is 604 g/mol. The first-order chi connectivity index (χ1) is 22.2. The van der Waals surface area contributed by atoms with Gasteiger partial charge in [-0.15, -0.1) is 0 Å². The quantitative estimate of drug-likeness (QED) is 0.0714. The van der Waals surface area contributed by atoms with Gasteiger partial charge in [0.1, 0.15) is 24.7 Å². The maximum Gasteiger partial charge on any atom is 0.240 e. The minimum absolute atomic E-state index is 0.127. The van der Waals surface area contributed by atoms with Gasteiger partial charge in [-0.1, -0.05) is 104 Å². The second-order valence-corrected chi connectivity index (χ2v) is 10.5. The molecule has 0 fully saturated rings. The van der Waals surface area contributed by atoms with E-state index in [1.807, 2.05) is 109 Å². The highest BCUT2D eigenvalue weighted by Crippen LogP contribution is 2.19. The van der Waals surface area contributed by atoms with Crippen molar-refractivity contribution in [2.45, 2.75) is 58.2 Å². The number of unbranched alkanes of at least 4 members (excludes halogenated alkanes) is 4. The number of hydrogen-bond donors (Lipinski definition) is 2. The number of carbonyl (C=O) groups excluding carboxylic acids is 2. The third kappa shape index (κ3) is 12.5. The van der Waals surface area contributed by atoms with Crippen LogP contribution in [0.25, 0.3) is 0 Å². The Bertz CT molecular complexity index is 1410. The molecule has 0 saturated carbocycles. The molecule has 0 heterocycles. The van der Waals surface area contributed by atoms with E-state index in [1.165, 1.54) is 0 Å². The molecule has 0 aliphatic heterocycles. The Hall–Kier alpha value is -5.24. The van der Waals surface area contributed by atoms with E-state index in [4.69, 9.17) is 9.47 Å². The van der Waals surface area contributed by atoms with Crippen LogP contribution < -0.4 is 20.3 Å². The number of nitrogens with one attached hydrogen (secondary N) is 2. The van der Waals surface area contributed by atoms with Gasteiger partial charge < -0.3 is 9.47 Å². The summed E-state index contributed by atoms with van der Waals surface area (Å²) in [4.78, 5) is 24.4. The Morgan fingerprint density at radius 1 is 0.511 bits per heavy atom. The fraction of sp³-hybridized carbons (Fsp3) is 0.243. The molecule has 0 saturated heterocycles. The molecular weight excluding hydrogens is 564 g/mol.